The molecule has 0 aliphatic heterocycles. The molecule has 8 nitrogen and oxygen atoms in total. The van der Waals surface area contributed by atoms with Gasteiger partial charge in [0.1, 0.15) is 0 Å². The van der Waals surface area contributed by atoms with Crippen molar-refractivity contribution in [2.24, 2.45) is 0 Å². The lowest BCUT2D eigenvalue weighted by Crippen LogP contribution is -2.26. The summed E-state index contributed by atoms with van der Waals surface area (Å²) in [4.78, 5) is 0.469. The Labute approximate surface area is 77.4 Å². The Bertz CT molecular complexity index is 430. The first-order valence-electron chi connectivity index (χ1n) is 3.74. The fourth-order valence-corrected chi connectivity index (χ4v) is 1.01. The molecule has 74 valence electrons. The van der Waals surface area contributed by atoms with Crippen LogP contribution in [0.1, 0.15) is 11.4 Å². The second-order valence-corrected chi connectivity index (χ2v) is 2.73. The van der Waals surface area contributed by atoms with E-state index in [2.05, 4.69) is 19.6 Å². The first-order valence-corrected chi connectivity index (χ1v) is 3.74. The molecule has 0 aromatic carbocycles. The minimum atomic E-state index is 0.204. The van der Waals surface area contributed by atoms with E-state index in [1.807, 2.05) is 0 Å². The van der Waals surface area contributed by atoms with Crippen LogP contribution in [0.15, 0.2) is 9.26 Å². The molecule has 0 amide bonds. The third kappa shape index (κ3) is 1.00. The van der Waals surface area contributed by atoms with Crippen LogP contribution in [0.5, 0.6) is 0 Å². The van der Waals surface area contributed by atoms with Gasteiger partial charge in [0, 0.05) is 13.8 Å². The van der Waals surface area contributed by atoms with Crippen molar-refractivity contribution < 1.29 is 19.1 Å². The van der Waals surface area contributed by atoms with Gasteiger partial charge in [-0.15, -0.1) is 0 Å². The van der Waals surface area contributed by atoms with Crippen molar-refractivity contribution in [2.45, 2.75) is 13.8 Å². The first kappa shape index (κ1) is 8.48. The molecule has 2 aromatic rings. The second-order valence-electron chi connectivity index (χ2n) is 2.73. The lowest BCUT2D eigenvalue weighted by Gasteiger charge is -1.85. The molecule has 2 rings (SSSR count). The molecule has 0 fully saturated rings. The van der Waals surface area contributed by atoms with Gasteiger partial charge in [0.05, 0.1) is 10.3 Å². The maximum absolute atomic E-state index is 10.9. The first-order chi connectivity index (χ1) is 6.61. The van der Waals surface area contributed by atoms with Crippen LogP contribution >= 0.6 is 0 Å². The SMILES string of the molecule is Cc1c(-c2no[n+]([O-])c2C)no[n+]1[O-]. The molecule has 0 saturated carbocycles. The Morgan fingerprint density at radius 2 is 1.29 bits per heavy atom. The summed E-state index contributed by atoms with van der Waals surface area (Å²) in [5.41, 5.74) is 0.857. The molecule has 0 radical (unpaired) electrons. The zero-order chi connectivity index (χ0) is 10.3. The van der Waals surface area contributed by atoms with E-state index in [0.29, 0.717) is 0 Å². The molecular weight excluding hydrogens is 192 g/mol. The van der Waals surface area contributed by atoms with E-state index in [1.54, 1.807) is 0 Å². The number of hydrogen-bond donors (Lipinski definition) is 0. The number of hydrogen-bond acceptors (Lipinski definition) is 6. The summed E-state index contributed by atoms with van der Waals surface area (Å²) in [6, 6.07) is 0. The number of nitrogens with zero attached hydrogens (tertiary/aromatic N) is 4. The average molecular weight is 198 g/mol. The molecule has 8 heteroatoms. The average Bonchev–Trinajstić information content (AvgIpc) is 2.63. The zero-order valence-corrected chi connectivity index (χ0v) is 7.42. The van der Waals surface area contributed by atoms with Crippen molar-refractivity contribution in [3.63, 3.8) is 0 Å². The zero-order valence-electron chi connectivity index (χ0n) is 7.42. The maximum atomic E-state index is 10.9. The molecule has 0 aliphatic rings. The second kappa shape index (κ2) is 2.69. The Morgan fingerprint density at radius 3 is 1.50 bits per heavy atom. The highest BCUT2D eigenvalue weighted by Crippen LogP contribution is 2.17. The molecule has 0 spiro atoms. The van der Waals surface area contributed by atoms with Crippen molar-refractivity contribution in [3.8, 4) is 11.4 Å². The quantitative estimate of drug-likeness (QED) is 0.556. The van der Waals surface area contributed by atoms with Crippen molar-refractivity contribution in [1.82, 2.24) is 10.3 Å². The molecule has 0 aliphatic carbocycles. The van der Waals surface area contributed by atoms with Crippen molar-refractivity contribution in [3.05, 3.63) is 21.8 Å². The van der Waals surface area contributed by atoms with Crippen LogP contribution in [0, 0.1) is 24.3 Å². The van der Waals surface area contributed by atoms with E-state index in [0.717, 1.165) is 0 Å². The van der Waals surface area contributed by atoms with Crippen molar-refractivity contribution in [1.29, 1.82) is 0 Å². The lowest BCUT2D eigenvalue weighted by atomic mass is 10.2. The smallest absolute Gasteiger partial charge is 0.301 e. The third-order valence-corrected chi connectivity index (χ3v) is 1.87. The number of aromatic nitrogens is 4. The summed E-state index contributed by atoms with van der Waals surface area (Å²) in [5, 5.41) is 28.7. The normalized spacial score (nSPS) is 10.7. The van der Waals surface area contributed by atoms with Crippen molar-refractivity contribution >= 4 is 0 Å². The molecule has 0 bridgehead atoms. The Kier molecular flexibility index (Phi) is 1.63. The van der Waals surface area contributed by atoms with E-state index >= 15 is 0 Å². The third-order valence-electron chi connectivity index (χ3n) is 1.87. The fourth-order valence-electron chi connectivity index (χ4n) is 1.01. The van der Waals surface area contributed by atoms with Gasteiger partial charge in [0.25, 0.3) is 0 Å². The molecule has 0 N–H and O–H groups in total. The summed E-state index contributed by atoms with van der Waals surface area (Å²) in [5.74, 6) is 0. The Balaban J connectivity index is 2.60. The molecule has 0 atom stereocenters. The largest absolute Gasteiger partial charge is 0.359 e. The van der Waals surface area contributed by atoms with Gasteiger partial charge in [0.2, 0.25) is 11.4 Å². The van der Waals surface area contributed by atoms with Gasteiger partial charge in [0.15, 0.2) is 0 Å². The van der Waals surface area contributed by atoms with Gasteiger partial charge in [-0.2, -0.15) is 0 Å². The summed E-state index contributed by atoms with van der Waals surface area (Å²) in [6.45, 7) is 3.00. The van der Waals surface area contributed by atoms with E-state index in [4.69, 9.17) is 0 Å². The monoisotopic (exact) mass is 198 g/mol. The minimum Gasteiger partial charge on any atom is -0.359 e. The van der Waals surface area contributed by atoms with Crippen LogP contribution in [-0.4, -0.2) is 10.3 Å². The van der Waals surface area contributed by atoms with E-state index in [1.165, 1.54) is 13.8 Å². The fraction of sp³-hybridized carbons (Fsp3) is 0.333. The molecule has 2 heterocycles. The number of rotatable bonds is 1. The van der Waals surface area contributed by atoms with Crippen LogP contribution in [-0.2, 0) is 0 Å². The van der Waals surface area contributed by atoms with Gasteiger partial charge in [-0.05, 0) is 9.81 Å². The Hall–Kier alpha value is -2.12. The highest BCUT2D eigenvalue weighted by atomic mass is 16.8. The predicted octanol–water partition coefficient (Wildman–Crippen LogP) is -0.787. The molecule has 2 aromatic heterocycles. The van der Waals surface area contributed by atoms with Crippen LogP contribution in [0.2, 0.25) is 0 Å². The van der Waals surface area contributed by atoms with Crippen molar-refractivity contribution in [2.75, 3.05) is 0 Å². The van der Waals surface area contributed by atoms with E-state index < -0.39 is 0 Å². The van der Waals surface area contributed by atoms with Crippen LogP contribution in [0.3, 0.4) is 0 Å². The predicted molar refractivity (Wildman–Crippen MR) is 39.4 cm³/mol. The van der Waals surface area contributed by atoms with Crippen LogP contribution in [0.25, 0.3) is 11.4 Å². The van der Waals surface area contributed by atoms with Crippen LogP contribution < -0.4 is 9.81 Å². The van der Waals surface area contributed by atoms with Gasteiger partial charge in [-0.1, -0.05) is 0 Å². The minimum absolute atomic E-state index is 0.204. The lowest BCUT2D eigenvalue weighted by molar-refractivity contribution is -0.807. The summed E-state index contributed by atoms with van der Waals surface area (Å²) in [6.07, 6.45) is 0. The molecule has 14 heavy (non-hydrogen) atoms. The molecule has 0 unspecified atom stereocenters. The van der Waals surface area contributed by atoms with Crippen LogP contribution in [0.4, 0.5) is 0 Å². The Morgan fingerprint density at radius 1 is 0.929 bits per heavy atom. The van der Waals surface area contributed by atoms with Gasteiger partial charge >= 0.3 is 11.4 Å². The van der Waals surface area contributed by atoms with Gasteiger partial charge in [-0.25, -0.2) is 0 Å². The maximum Gasteiger partial charge on any atom is 0.301 e. The van der Waals surface area contributed by atoms with Gasteiger partial charge in [-0.3, -0.25) is 9.26 Å². The summed E-state index contributed by atoms with van der Waals surface area (Å²) < 4.78 is 8.66. The highest BCUT2D eigenvalue weighted by molar-refractivity contribution is 5.55. The molecule has 0 saturated heterocycles. The molecular formula is C6H6N4O4. The van der Waals surface area contributed by atoms with E-state index in [9.17, 15) is 10.4 Å². The topological polar surface area (TPSA) is 106 Å². The standard InChI is InChI=1S/C6H6N4O4/c1-3-5(7-13-9(3)11)6-4(2)10(12)14-8-6/h1-2H3. The highest BCUT2D eigenvalue weighted by Gasteiger charge is 2.28. The summed E-state index contributed by atoms with van der Waals surface area (Å²) >= 11 is 0. The van der Waals surface area contributed by atoms with Gasteiger partial charge < -0.3 is 10.4 Å². The summed E-state index contributed by atoms with van der Waals surface area (Å²) in [7, 11) is 0. The van der Waals surface area contributed by atoms with E-state index in [-0.39, 0.29) is 32.6 Å².